The molecular formula is C7H12O3. The van der Waals surface area contributed by atoms with Gasteiger partial charge in [-0.15, -0.1) is 0 Å². The second-order valence-electron chi connectivity index (χ2n) is 2.80. The maximum Gasteiger partial charge on any atom is 0.163 e. The molecule has 2 rings (SSSR count). The highest BCUT2D eigenvalue weighted by Crippen LogP contribution is 2.32. The van der Waals surface area contributed by atoms with Crippen molar-refractivity contribution in [2.45, 2.75) is 18.8 Å². The summed E-state index contributed by atoms with van der Waals surface area (Å²) in [5.74, 6) is 0.491. The SMILES string of the molecule is COC1COC2OCCC12. The van der Waals surface area contributed by atoms with Crippen molar-refractivity contribution in [3.8, 4) is 0 Å². The van der Waals surface area contributed by atoms with Crippen LogP contribution in [0.2, 0.25) is 0 Å². The third-order valence-electron chi connectivity index (χ3n) is 2.29. The molecule has 0 spiro atoms. The van der Waals surface area contributed by atoms with Crippen molar-refractivity contribution in [1.29, 1.82) is 0 Å². The molecule has 0 N–H and O–H groups in total. The third kappa shape index (κ3) is 0.856. The first-order chi connectivity index (χ1) is 4.92. The Labute approximate surface area is 60.3 Å². The summed E-state index contributed by atoms with van der Waals surface area (Å²) in [6.07, 6.45) is 1.39. The molecule has 0 amide bonds. The van der Waals surface area contributed by atoms with Crippen molar-refractivity contribution in [2.75, 3.05) is 20.3 Å². The Morgan fingerprint density at radius 2 is 2.30 bits per heavy atom. The van der Waals surface area contributed by atoms with Crippen molar-refractivity contribution in [3.05, 3.63) is 0 Å². The Kier molecular flexibility index (Phi) is 1.64. The standard InChI is InChI=1S/C7H12O3/c1-8-6-4-10-7-5(6)2-3-9-7/h5-7H,2-4H2,1H3. The predicted molar refractivity (Wildman–Crippen MR) is 34.6 cm³/mol. The Bertz CT molecular complexity index is 126. The lowest BCUT2D eigenvalue weighted by atomic mass is 10.0. The second kappa shape index (κ2) is 2.49. The van der Waals surface area contributed by atoms with Gasteiger partial charge in [0.25, 0.3) is 0 Å². The number of rotatable bonds is 1. The quantitative estimate of drug-likeness (QED) is 0.533. The molecule has 2 aliphatic heterocycles. The van der Waals surface area contributed by atoms with Crippen LogP contribution in [0.15, 0.2) is 0 Å². The molecule has 3 nitrogen and oxygen atoms in total. The summed E-state index contributed by atoms with van der Waals surface area (Å²) in [5, 5.41) is 0. The largest absolute Gasteiger partial charge is 0.379 e. The van der Waals surface area contributed by atoms with E-state index in [-0.39, 0.29) is 12.4 Å². The van der Waals surface area contributed by atoms with Gasteiger partial charge >= 0.3 is 0 Å². The highest BCUT2D eigenvalue weighted by molar-refractivity contribution is 4.83. The molecule has 0 aliphatic carbocycles. The Morgan fingerprint density at radius 1 is 1.40 bits per heavy atom. The van der Waals surface area contributed by atoms with E-state index in [0.29, 0.717) is 12.5 Å². The fourth-order valence-electron chi connectivity index (χ4n) is 1.67. The van der Waals surface area contributed by atoms with Crippen LogP contribution in [0.25, 0.3) is 0 Å². The first-order valence-corrected chi connectivity index (χ1v) is 3.68. The molecule has 0 aromatic rings. The molecule has 10 heavy (non-hydrogen) atoms. The van der Waals surface area contributed by atoms with Gasteiger partial charge in [0.2, 0.25) is 0 Å². The average Bonchev–Trinajstić information content (AvgIpc) is 2.44. The van der Waals surface area contributed by atoms with E-state index in [0.717, 1.165) is 13.0 Å². The monoisotopic (exact) mass is 144 g/mol. The highest BCUT2D eigenvalue weighted by atomic mass is 16.7. The lowest BCUT2D eigenvalue weighted by Crippen LogP contribution is -2.21. The summed E-state index contributed by atoms with van der Waals surface area (Å²) in [5.41, 5.74) is 0. The molecule has 3 unspecified atom stereocenters. The van der Waals surface area contributed by atoms with Crippen LogP contribution >= 0.6 is 0 Å². The minimum Gasteiger partial charge on any atom is -0.379 e. The van der Waals surface area contributed by atoms with Crippen LogP contribution in [0.4, 0.5) is 0 Å². The van der Waals surface area contributed by atoms with Crippen molar-refractivity contribution < 1.29 is 14.2 Å². The fourth-order valence-corrected chi connectivity index (χ4v) is 1.67. The molecule has 2 saturated heterocycles. The van der Waals surface area contributed by atoms with Gasteiger partial charge in [0, 0.05) is 13.0 Å². The van der Waals surface area contributed by atoms with Crippen LogP contribution in [0.5, 0.6) is 0 Å². The smallest absolute Gasteiger partial charge is 0.163 e. The van der Waals surface area contributed by atoms with E-state index in [2.05, 4.69) is 0 Å². The molecule has 0 saturated carbocycles. The number of hydrogen-bond donors (Lipinski definition) is 0. The molecular weight excluding hydrogens is 132 g/mol. The van der Waals surface area contributed by atoms with E-state index in [1.165, 1.54) is 0 Å². The Hall–Kier alpha value is -0.120. The summed E-state index contributed by atoms with van der Waals surface area (Å²) in [4.78, 5) is 0. The molecule has 3 atom stereocenters. The maximum absolute atomic E-state index is 5.33. The van der Waals surface area contributed by atoms with E-state index in [4.69, 9.17) is 14.2 Å². The van der Waals surface area contributed by atoms with Crippen molar-refractivity contribution in [2.24, 2.45) is 5.92 Å². The fraction of sp³-hybridized carbons (Fsp3) is 1.00. The predicted octanol–water partition coefficient (Wildman–Crippen LogP) is 0.394. The second-order valence-corrected chi connectivity index (χ2v) is 2.80. The van der Waals surface area contributed by atoms with Crippen LogP contribution in [0, 0.1) is 5.92 Å². The van der Waals surface area contributed by atoms with Crippen molar-refractivity contribution in [3.63, 3.8) is 0 Å². The lowest BCUT2D eigenvalue weighted by Gasteiger charge is -2.11. The van der Waals surface area contributed by atoms with Gasteiger partial charge in [-0.25, -0.2) is 0 Å². The van der Waals surface area contributed by atoms with E-state index in [1.807, 2.05) is 0 Å². The minimum atomic E-state index is 0.0324. The topological polar surface area (TPSA) is 27.7 Å². The van der Waals surface area contributed by atoms with E-state index in [9.17, 15) is 0 Å². The summed E-state index contributed by atoms with van der Waals surface area (Å²) < 4.78 is 15.9. The molecule has 2 aliphatic rings. The summed E-state index contributed by atoms with van der Waals surface area (Å²) in [6, 6.07) is 0. The summed E-state index contributed by atoms with van der Waals surface area (Å²) >= 11 is 0. The molecule has 0 bridgehead atoms. The lowest BCUT2D eigenvalue weighted by molar-refractivity contribution is -0.0907. The van der Waals surface area contributed by atoms with E-state index < -0.39 is 0 Å². The number of ether oxygens (including phenoxy) is 3. The zero-order chi connectivity index (χ0) is 6.97. The summed E-state index contributed by atoms with van der Waals surface area (Å²) in [6.45, 7) is 1.53. The van der Waals surface area contributed by atoms with Gasteiger partial charge in [-0.3, -0.25) is 0 Å². The number of methoxy groups -OCH3 is 1. The number of hydrogen-bond acceptors (Lipinski definition) is 3. The molecule has 0 aromatic carbocycles. The zero-order valence-electron chi connectivity index (χ0n) is 6.08. The maximum atomic E-state index is 5.33. The van der Waals surface area contributed by atoms with Gasteiger partial charge in [0.15, 0.2) is 6.29 Å². The first kappa shape index (κ1) is 6.58. The van der Waals surface area contributed by atoms with Gasteiger partial charge in [-0.1, -0.05) is 0 Å². The van der Waals surface area contributed by atoms with Gasteiger partial charge < -0.3 is 14.2 Å². The molecule has 3 heteroatoms. The van der Waals surface area contributed by atoms with Gasteiger partial charge in [-0.2, -0.15) is 0 Å². The normalized spacial score (nSPS) is 45.9. The van der Waals surface area contributed by atoms with Gasteiger partial charge in [0.1, 0.15) is 0 Å². The number of fused-ring (bicyclic) bond motifs is 1. The van der Waals surface area contributed by atoms with E-state index >= 15 is 0 Å². The van der Waals surface area contributed by atoms with Crippen LogP contribution in [0.1, 0.15) is 6.42 Å². The van der Waals surface area contributed by atoms with Gasteiger partial charge in [-0.05, 0) is 6.42 Å². The van der Waals surface area contributed by atoms with Crippen LogP contribution in [-0.2, 0) is 14.2 Å². The van der Waals surface area contributed by atoms with Crippen molar-refractivity contribution >= 4 is 0 Å². The zero-order valence-corrected chi connectivity index (χ0v) is 6.08. The summed E-state index contributed by atoms with van der Waals surface area (Å²) in [7, 11) is 1.73. The average molecular weight is 144 g/mol. The highest BCUT2D eigenvalue weighted by Gasteiger charge is 2.41. The van der Waals surface area contributed by atoms with Gasteiger partial charge in [0.05, 0.1) is 19.3 Å². The molecule has 0 radical (unpaired) electrons. The third-order valence-corrected chi connectivity index (χ3v) is 2.29. The van der Waals surface area contributed by atoms with Crippen LogP contribution < -0.4 is 0 Å². The molecule has 2 fully saturated rings. The molecule has 0 aromatic heterocycles. The minimum absolute atomic E-state index is 0.0324. The van der Waals surface area contributed by atoms with Crippen molar-refractivity contribution in [1.82, 2.24) is 0 Å². The molecule has 58 valence electrons. The first-order valence-electron chi connectivity index (χ1n) is 3.68. The van der Waals surface area contributed by atoms with Crippen LogP contribution in [-0.4, -0.2) is 32.7 Å². The van der Waals surface area contributed by atoms with E-state index in [1.54, 1.807) is 7.11 Å². The Morgan fingerprint density at radius 3 is 3.10 bits per heavy atom. The Balaban J connectivity index is 2.01. The van der Waals surface area contributed by atoms with Crippen LogP contribution in [0.3, 0.4) is 0 Å². The molecule has 2 heterocycles.